The molecule has 26 heavy (non-hydrogen) atoms. The number of aliphatic hydroxyl groups excluding tert-OH is 1. The minimum absolute atomic E-state index is 0.0239. The lowest BCUT2D eigenvalue weighted by molar-refractivity contribution is 0.223. The lowest BCUT2D eigenvalue weighted by atomic mass is 9.92. The second kappa shape index (κ2) is 6.74. The first-order valence-corrected chi connectivity index (χ1v) is 10.9. The van der Waals surface area contributed by atoms with Crippen molar-refractivity contribution in [2.45, 2.75) is 17.7 Å². The van der Waals surface area contributed by atoms with Crippen molar-refractivity contribution in [3.8, 4) is 0 Å². The van der Waals surface area contributed by atoms with Crippen LogP contribution in [0.2, 0.25) is 0 Å². The second-order valence-corrected chi connectivity index (χ2v) is 9.39. The number of hydrogen-bond donors (Lipinski definition) is 1. The number of rotatable bonds is 4. The van der Waals surface area contributed by atoms with Crippen LogP contribution < -0.4 is 0 Å². The molecule has 1 aliphatic heterocycles. The van der Waals surface area contributed by atoms with Crippen molar-refractivity contribution >= 4 is 32.3 Å². The summed E-state index contributed by atoms with van der Waals surface area (Å²) in [6, 6.07) is 9.05. The standard InChI is InChI=1S/C19H20N2O3S2/c1-13-4-5-18(16-3-2-7-20-19(13)16)26(23,24)21-9-15(11-22)17(10-21)14-6-8-25-12-14/h2-8,12,15,17,22H,9-11H2,1H3. The number of sulfonamides is 1. The van der Waals surface area contributed by atoms with Gasteiger partial charge in [-0.25, -0.2) is 8.42 Å². The number of aliphatic hydroxyl groups is 1. The van der Waals surface area contributed by atoms with Gasteiger partial charge in [0.15, 0.2) is 0 Å². The van der Waals surface area contributed by atoms with Gasteiger partial charge in [-0.2, -0.15) is 15.6 Å². The van der Waals surface area contributed by atoms with E-state index in [4.69, 9.17) is 0 Å². The maximum Gasteiger partial charge on any atom is 0.243 e. The van der Waals surface area contributed by atoms with E-state index in [0.717, 1.165) is 11.1 Å². The molecule has 2 unspecified atom stereocenters. The fourth-order valence-electron chi connectivity index (χ4n) is 3.73. The first kappa shape index (κ1) is 17.6. The van der Waals surface area contributed by atoms with E-state index in [1.54, 1.807) is 41.8 Å². The number of aromatic nitrogens is 1. The van der Waals surface area contributed by atoms with E-state index in [2.05, 4.69) is 4.98 Å². The van der Waals surface area contributed by atoms with Crippen molar-refractivity contribution in [2.75, 3.05) is 19.7 Å². The van der Waals surface area contributed by atoms with Gasteiger partial charge in [0.05, 0.1) is 10.4 Å². The highest BCUT2D eigenvalue weighted by atomic mass is 32.2. The summed E-state index contributed by atoms with van der Waals surface area (Å²) in [5.41, 5.74) is 2.76. The molecule has 5 nitrogen and oxygen atoms in total. The fourth-order valence-corrected chi connectivity index (χ4v) is 6.16. The van der Waals surface area contributed by atoms with Crippen molar-refractivity contribution in [1.82, 2.24) is 9.29 Å². The Kier molecular flexibility index (Phi) is 4.56. The monoisotopic (exact) mass is 388 g/mol. The normalized spacial score (nSPS) is 21.5. The summed E-state index contributed by atoms with van der Waals surface area (Å²) in [7, 11) is -3.66. The van der Waals surface area contributed by atoms with Gasteiger partial charge >= 0.3 is 0 Å². The summed E-state index contributed by atoms with van der Waals surface area (Å²) in [5, 5.41) is 14.4. The lowest BCUT2D eigenvalue weighted by Crippen LogP contribution is -2.29. The van der Waals surface area contributed by atoms with Gasteiger partial charge in [-0.1, -0.05) is 6.07 Å². The minimum Gasteiger partial charge on any atom is -0.396 e. The van der Waals surface area contributed by atoms with Gasteiger partial charge in [-0.05, 0) is 53.1 Å². The molecule has 1 saturated heterocycles. The highest BCUT2D eigenvalue weighted by Gasteiger charge is 2.40. The summed E-state index contributed by atoms with van der Waals surface area (Å²) < 4.78 is 28.2. The fraction of sp³-hybridized carbons (Fsp3) is 0.316. The first-order valence-electron chi connectivity index (χ1n) is 8.50. The van der Waals surface area contributed by atoms with Gasteiger partial charge in [-0.3, -0.25) is 4.98 Å². The Hall–Kier alpha value is -1.80. The molecule has 1 aromatic carbocycles. The topological polar surface area (TPSA) is 70.5 Å². The predicted octanol–water partition coefficient (Wildman–Crippen LogP) is 3.00. The molecule has 3 heterocycles. The van der Waals surface area contributed by atoms with Gasteiger partial charge in [0.1, 0.15) is 0 Å². The summed E-state index contributed by atoms with van der Waals surface area (Å²) in [5.74, 6) is -0.0647. The van der Waals surface area contributed by atoms with Crippen LogP contribution in [-0.4, -0.2) is 42.5 Å². The van der Waals surface area contributed by atoms with Crippen LogP contribution in [0.4, 0.5) is 0 Å². The quantitative estimate of drug-likeness (QED) is 0.746. The SMILES string of the molecule is Cc1ccc(S(=O)(=O)N2CC(CO)C(c3ccsc3)C2)c2cccnc12. The molecule has 4 rings (SSSR count). The Morgan fingerprint density at radius 3 is 2.85 bits per heavy atom. The van der Waals surface area contributed by atoms with Crippen molar-refractivity contribution in [3.05, 3.63) is 58.4 Å². The molecular formula is C19H20N2O3S2. The number of hydrogen-bond acceptors (Lipinski definition) is 5. The Morgan fingerprint density at radius 2 is 2.12 bits per heavy atom. The van der Waals surface area contributed by atoms with E-state index in [9.17, 15) is 13.5 Å². The zero-order valence-electron chi connectivity index (χ0n) is 14.4. The Morgan fingerprint density at radius 1 is 1.27 bits per heavy atom. The molecule has 136 valence electrons. The van der Waals surface area contributed by atoms with Crippen molar-refractivity contribution in [3.63, 3.8) is 0 Å². The van der Waals surface area contributed by atoms with Crippen molar-refractivity contribution in [1.29, 1.82) is 0 Å². The average molecular weight is 389 g/mol. The largest absolute Gasteiger partial charge is 0.396 e. The Labute approximate surface area is 157 Å². The van der Waals surface area contributed by atoms with Crippen LogP contribution in [-0.2, 0) is 10.0 Å². The molecule has 0 spiro atoms. The number of nitrogens with zero attached hydrogens (tertiary/aromatic N) is 2. The maximum absolute atomic E-state index is 13.4. The third-order valence-electron chi connectivity index (χ3n) is 5.16. The molecule has 2 aromatic heterocycles. The molecule has 0 amide bonds. The highest BCUT2D eigenvalue weighted by molar-refractivity contribution is 7.89. The van der Waals surface area contributed by atoms with Gasteiger partial charge in [0.25, 0.3) is 0 Å². The van der Waals surface area contributed by atoms with Crippen LogP contribution in [0.1, 0.15) is 17.0 Å². The zero-order chi connectivity index (χ0) is 18.3. The van der Waals surface area contributed by atoms with Crippen LogP contribution in [0.25, 0.3) is 10.9 Å². The Bertz CT molecular complexity index is 1030. The first-order chi connectivity index (χ1) is 12.5. The van der Waals surface area contributed by atoms with E-state index in [-0.39, 0.29) is 23.3 Å². The van der Waals surface area contributed by atoms with Crippen LogP contribution in [0, 0.1) is 12.8 Å². The van der Waals surface area contributed by atoms with Crippen LogP contribution in [0.5, 0.6) is 0 Å². The summed E-state index contributed by atoms with van der Waals surface area (Å²) >= 11 is 1.59. The van der Waals surface area contributed by atoms with E-state index in [0.29, 0.717) is 24.0 Å². The van der Waals surface area contributed by atoms with Crippen molar-refractivity contribution < 1.29 is 13.5 Å². The summed E-state index contributed by atoms with van der Waals surface area (Å²) in [4.78, 5) is 4.63. The highest BCUT2D eigenvalue weighted by Crippen LogP contribution is 2.37. The molecule has 1 fully saturated rings. The van der Waals surface area contributed by atoms with Gasteiger partial charge in [0.2, 0.25) is 10.0 Å². The van der Waals surface area contributed by atoms with Gasteiger partial charge in [-0.15, -0.1) is 0 Å². The maximum atomic E-state index is 13.4. The second-order valence-electron chi connectivity index (χ2n) is 6.71. The van der Waals surface area contributed by atoms with E-state index >= 15 is 0 Å². The molecular weight excluding hydrogens is 368 g/mol. The molecule has 3 aromatic rings. The summed E-state index contributed by atoms with van der Waals surface area (Å²) in [6.07, 6.45) is 1.68. The third-order valence-corrected chi connectivity index (χ3v) is 7.75. The smallest absolute Gasteiger partial charge is 0.243 e. The average Bonchev–Trinajstić information content (AvgIpc) is 3.31. The molecule has 0 bridgehead atoms. The predicted molar refractivity (Wildman–Crippen MR) is 103 cm³/mol. The van der Waals surface area contributed by atoms with Crippen LogP contribution >= 0.6 is 11.3 Å². The number of benzene rings is 1. The minimum atomic E-state index is -3.66. The van der Waals surface area contributed by atoms with Gasteiger partial charge < -0.3 is 5.11 Å². The lowest BCUT2D eigenvalue weighted by Gasteiger charge is -2.18. The molecule has 0 radical (unpaired) electrons. The molecule has 0 saturated carbocycles. The van der Waals surface area contributed by atoms with Crippen molar-refractivity contribution in [2.24, 2.45) is 5.92 Å². The number of pyridine rings is 1. The Balaban J connectivity index is 1.75. The molecule has 0 aliphatic carbocycles. The number of aryl methyl sites for hydroxylation is 1. The number of fused-ring (bicyclic) bond motifs is 1. The van der Waals surface area contributed by atoms with E-state index in [1.807, 2.05) is 23.8 Å². The summed E-state index contributed by atoms with van der Waals surface area (Å²) in [6.45, 7) is 2.62. The molecule has 1 N–H and O–H groups in total. The molecule has 2 atom stereocenters. The van der Waals surface area contributed by atoms with Gasteiger partial charge in [0, 0.05) is 43.1 Å². The van der Waals surface area contributed by atoms with Crippen LogP contribution in [0.3, 0.4) is 0 Å². The molecule has 1 aliphatic rings. The number of thiophene rings is 1. The zero-order valence-corrected chi connectivity index (χ0v) is 16.0. The third kappa shape index (κ3) is 2.85. The van der Waals surface area contributed by atoms with Crippen LogP contribution in [0.15, 0.2) is 52.2 Å². The van der Waals surface area contributed by atoms with E-state index in [1.165, 1.54) is 4.31 Å². The molecule has 7 heteroatoms. The van der Waals surface area contributed by atoms with E-state index < -0.39 is 10.0 Å².